The van der Waals surface area contributed by atoms with Gasteiger partial charge in [0, 0.05) is 11.9 Å². The number of benzene rings is 2. The summed E-state index contributed by atoms with van der Waals surface area (Å²) in [4.78, 5) is 12.2. The Bertz CT molecular complexity index is 827. The lowest BCUT2D eigenvalue weighted by Gasteiger charge is -2.11. The molecule has 2 rings (SSSR count). The minimum absolute atomic E-state index is 0.112. The summed E-state index contributed by atoms with van der Waals surface area (Å²) in [7, 11) is -3.26. The average molecular weight is 347 g/mol. The zero-order valence-electron chi connectivity index (χ0n) is 14.0. The second kappa shape index (κ2) is 7.49. The van der Waals surface area contributed by atoms with E-state index in [4.69, 9.17) is 4.74 Å². The van der Waals surface area contributed by atoms with Crippen molar-refractivity contribution in [2.24, 2.45) is 0 Å². The number of nitrogens with one attached hydrogen (secondary N) is 1. The van der Waals surface area contributed by atoms with E-state index in [1.54, 1.807) is 13.0 Å². The third kappa shape index (κ3) is 4.83. The molecule has 0 saturated carbocycles. The molecule has 0 fully saturated rings. The Labute approximate surface area is 142 Å². The van der Waals surface area contributed by atoms with Crippen molar-refractivity contribution in [1.29, 1.82) is 0 Å². The van der Waals surface area contributed by atoms with Gasteiger partial charge in [-0.1, -0.05) is 19.1 Å². The first-order valence-electron chi connectivity index (χ1n) is 7.62. The second-order valence-electron chi connectivity index (χ2n) is 5.58. The molecule has 0 radical (unpaired) electrons. The zero-order valence-corrected chi connectivity index (χ0v) is 14.8. The number of hydrogen-bond donors (Lipinski definition) is 1. The van der Waals surface area contributed by atoms with Gasteiger partial charge in [0.2, 0.25) is 0 Å². The van der Waals surface area contributed by atoms with Crippen molar-refractivity contribution < 1.29 is 17.9 Å². The van der Waals surface area contributed by atoms with Crippen LogP contribution in [0.1, 0.15) is 18.1 Å². The Morgan fingerprint density at radius 1 is 1.12 bits per heavy atom. The van der Waals surface area contributed by atoms with Crippen molar-refractivity contribution in [2.75, 3.05) is 18.2 Å². The second-order valence-corrected chi connectivity index (χ2v) is 7.60. The Kier molecular flexibility index (Phi) is 5.62. The SMILES string of the molecule is CCc1ccc(OCC(=O)Nc2ccc(S(C)(=O)=O)cc2C)cc1. The number of aryl methyl sites for hydroxylation is 2. The third-order valence-corrected chi connectivity index (χ3v) is 4.71. The van der Waals surface area contributed by atoms with Crippen molar-refractivity contribution in [3.05, 3.63) is 53.6 Å². The molecule has 0 aliphatic heterocycles. The predicted octanol–water partition coefficient (Wildman–Crippen LogP) is 2.98. The lowest BCUT2D eigenvalue weighted by Crippen LogP contribution is -2.20. The van der Waals surface area contributed by atoms with Gasteiger partial charge in [0.25, 0.3) is 5.91 Å². The van der Waals surface area contributed by atoms with E-state index in [2.05, 4.69) is 12.2 Å². The van der Waals surface area contributed by atoms with E-state index in [1.165, 1.54) is 17.7 Å². The normalized spacial score (nSPS) is 11.1. The Morgan fingerprint density at radius 2 is 1.79 bits per heavy atom. The quantitative estimate of drug-likeness (QED) is 0.872. The molecular formula is C18H21NO4S. The Balaban J connectivity index is 1.96. The molecule has 0 aliphatic rings. The largest absolute Gasteiger partial charge is 0.484 e. The Morgan fingerprint density at radius 3 is 2.33 bits per heavy atom. The van der Waals surface area contributed by atoms with E-state index in [9.17, 15) is 13.2 Å². The van der Waals surface area contributed by atoms with E-state index in [1.807, 2.05) is 24.3 Å². The summed E-state index contributed by atoms with van der Waals surface area (Å²) in [6.07, 6.45) is 2.10. The Hall–Kier alpha value is -2.34. The number of carbonyl (C=O) groups is 1. The van der Waals surface area contributed by atoms with Crippen LogP contribution in [0.15, 0.2) is 47.4 Å². The summed E-state index contributed by atoms with van der Waals surface area (Å²) in [5, 5.41) is 2.72. The summed E-state index contributed by atoms with van der Waals surface area (Å²) in [5.41, 5.74) is 2.45. The molecule has 2 aromatic rings. The molecule has 0 aromatic heterocycles. The predicted molar refractivity (Wildman–Crippen MR) is 94.2 cm³/mol. The average Bonchev–Trinajstić information content (AvgIpc) is 2.54. The molecule has 0 aliphatic carbocycles. The van der Waals surface area contributed by atoms with Gasteiger partial charge in [-0.15, -0.1) is 0 Å². The van der Waals surface area contributed by atoms with Crippen LogP contribution in [0.25, 0.3) is 0 Å². The molecule has 0 atom stereocenters. The number of rotatable bonds is 6. The summed E-state index contributed by atoms with van der Waals surface area (Å²) >= 11 is 0. The van der Waals surface area contributed by atoms with Crippen LogP contribution in [-0.4, -0.2) is 27.2 Å². The summed E-state index contributed by atoms with van der Waals surface area (Å²) in [5.74, 6) is 0.330. The smallest absolute Gasteiger partial charge is 0.262 e. The van der Waals surface area contributed by atoms with E-state index in [0.29, 0.717) is 17.0 Å². The highest BCUT2D eigenvalue weighted by molar-refractivity contribution is 7.90. The number of ether oxygens (including phenoxy) is 1. The maximum absolute atomic E-state index is 12.0. The maximum atomic E-state index is 12.0. The molecule has 5 nitrogen and oxygen atoms in total. The topological polar surface area (TPSA) is 72.5 Å². The van der Waals surface area contributed by atoms with E-state index in [-0.39, 0.29) is 17.4 Å². The van der Waals surface area contributed by atoms with Gasteiger partial charge in [0.05, 0.1) is 4.90 Å². The minimum Gasteiger partial charge on any atom is -0.484 e. The van der Waals surface area contributed by atoms with Crippen LogP contribution in [0, 0.1) is 6.92 Å². The number of amides is 1. The number of carbonyl (C=O) groups excluding carboxylic acids is 1. The highest BCUT2D eigenvalue weighted by Gasteiger charge is 2.11. The number of hydrogen-bond acceptors (Lipinski definition) is 4. The van der Waals surface area contributed by atoms with Crippen LogP contribution < -0.4 is 10.1 Å². The molecule has 6 heteroatoms. The van der Waals surface area contributed by atoms with Crippen molar-refractivity contribution in [3.63, 3.8) is 0 Å². The molecule has 24 heavy (non-hydrogen) atoms. The minimum atomic E-state index is -3.26. The fourth-order valence-electron chi connectivity index (χ4n) is 2.16. The molecular weight excluding hydrogens is 326 g/mol. The van der Waals surface area contributed by atoms with Gasteiger partial charge in [0.1, 0.15) is 5.75 Å². The molecule has 1 N–H and O–H groups in total. The maximum Gasteiger partial charge on any atom is 0.262 e. The number of anilines is 1. The summed E-state index contributed by atoms with van der Waals surface area (Å²) in [6, 6.07) is 12.2. The van der Waals surface area contributed by atoms with Crippen molar-refractivity contribution in [1.82, 2.24) is 0 Å². The first-order valence-corrected chi connectivity index (χ1v) is 9.51. The molecule has 128 valence electrons. The first kappa shape index (κ1) is 18.0. The molecule has 0 heterocycles. The lowest BCUT2D eigenvalue weighted by atomic mass is 10.2. The van der Waals surface area contributed by atoms with Gasteiger partial charge in [-0.2, -0.15) is 0 Å². The van der Waals surface area contributed by atoms with Crippen molar-refractivity contribution >= 4 is 21.4 Å². The third-order valence-electron chi connectivity index (χ3n) is 3.60. The van der Waals surface area contributed by atoms with Crippen LogP contribution in [0.5, 0.6) is 5.75 Å². The highest BCUT2D eigenvalue weighted by atomic mass is 32.2. The molecule has 0 saturated heterocycles. The van der Waals surface area contributed by atoms with Crippen LogP contribution >= 0.6 is 0 Å². The summed E-state index contributed by atoms with van der Waals surface area (Å²) in [6.45, 7) is 3.70. The fraction of sp³-hybridized carbons (Fsp3) is 0.278. The van der Waals surface area contributed by atoms with Crippen LogP contribution in [-0.2, 0) is 21.1 Å². The first-order chi connectivity index (χ1) is 11.3. The van der Waals surface area contributed by atoms with Crippen molar-refractivity contribution in [2.45, 2.75) is 25.2 Å². The molecule has 0 spiro atoms. The van der Waals surface area contributed by atoms with Gasteiger partial charge in [0.15, 0.2) is 16.4 Å². The van der Waals surface area contributed by atoms with Crippen molar-refractivity contribution in [3.8, 4) is 5.75 Å². The van der Waals surface area contributed by atoms with Gasteiger partial charge < -0.3 is 10.1 Å². The van der Waals surface area contributed by atoms with Crippen LogP contribution in [0.4, 0.5) is 5.69 Å². The van der Waals surface area contributed by atoms with Gasteiger partial charge >= 0.3 is 0 Å². The van der Waals surface area contributed by atoms with E-state index in [0.717, 1.165) is 12.7 Å². The zero-order chi connectivity index (χ0) is 17.7. The number of sulfone groups is 1. The molecule has 2 aromatic carbocycles. The van der Waals surface area contributed by atoms with Crippen LogP contribution in [0.3, 0.4) is 0 Å². The molecule has 1 amide bonds. The van der Waals surface area contributed by atoms with Gasteiger partial charge in [-0.25, -0.2) is 8.42 Å². The monoisotopic (exact) mass is 347 g/mol. The van der Waals surface area contributed by atoms with E-state index < -0.39 is 9.84 Å². The molecule has 0 bridgehead atoms. The fourth-order valence-corrected chi connectivity index (χ4v) is 2.87. The highest BCUT2D eigenvalue weighted by Crippen LogP contribution is 2.20. The van der Waals surface area contributed by atoms with Crippen LogP contribution in [0.2, 0.25) is 0 Å². The van der Waals surface area contributed by atoms with E-state index >= 15 is 0 Å². The lowest BCUT2D eigenvalue weighted by molar-refractivity contribution is -0.118. The standard InChI is InChI=1S/C18H21NO4S/c1-4-14-5-7-15(8-6-14)23-12-18(20)19-17-10-9-16(11-13(17)2)24(3,21)22/h5-11H,4,12H2,1-3H3,(H,19,20). The summed E-state index contributed by atoms with van der Waals surface area (Å²) < 4.78 is 28.5. The van der Waals surface area contributed by atoms with Gasteiger partial charge in [-0.3, -0.25) is 4.79 Å². The van der Waals surface area contributed by atoms with Gasteiger partial charge in [-0.05, 0) is 54.8 Å². The molecule has 0 unspecified atom stereocenters.